The van der Waals surface area contributed by atoms with Gasteiger partial charge in [0, 0.05) is 48.3 Å². The lowest BCUT2D eigenvalue weighted by Gasteiger charge is -2.43. The Kier molecular flexibility index (Phi) is 12.6. The third-order valence-electron chi connectivity index (χ3n) is 12.8. The molecule has 10 nitrogen and oxygen atoms in total. The van der Waals surface area contributed by atoms with E-state index in [0.29, 0.717) is 41.4 Å². The summed E-state index contributed by atoms with van der Waals surface area (Å²) in [5.74, 6) is -1.13. The predicted octanol–water partition coefficient (Wildman–Crippen LogP) is 8.52. The Hall–Kier alpha value is -5.81. The molecule has 322 valence electrons. The van der Waals surface area contributed by atoms with Crippen molar-refractivity contribution in [3.8, 4) is 5.75 Å². The van der Waals surface area contributed by atoms with E-state index < -0.39 is 42.0 Å². The molecule has 10 heteroatoms. The van der Waals surface area contributed by atoms with Crippen molar-refractivity contribution in [1.82, 2.24) is 0 Å². The Morgan fingerprint density at radius 3 is 2.35 bits per heavy atom. The van der Waals surface area contributed by atoms with Crippen LogP contribution in [0.25, 0.3) is 11.0 Å². The van der Waals surface area contributed by atoms with Gasteiger partial charge in [0.1, 0.15) is 16.9 Å². The van der Waals surface area contributed by atoms with Crippen molar-refractivity contribution in [2.75, 3.05) is 20.3 Å². The van der Waals surface area contributed by atoms with Crippen LogP contribution in [0.1, 0.15) is 102 Å². The first-order valence-corrected chi connectivity index (χ1v) is 21.5. The first-order valence-electron chi connectivity index (χ1n) is 21.5. The van der Waals surface area contributed by atoms with Crippen LogP contribution < -0.4 is 10.4 Å². The highest BCUT2D eigenvalue weighted by Gasteiger charge is 2.51. The molecule has 5 aromatic rings. The molecule has 9 rings (SSSR count). The van der Waals surface area contributed by atoms with E-state index in [-0.39, 0.29) is 66.3 Å². The molecule has 0 spiro atoms. The number of esters is 2. The molecular weight excluding hydrogens is 785 g/mol. The summed E-state index contributed by atoms with van der Waals surface area (Å²) in [4.78, 5) is 42.7. The van der Waals surface area contributed by atoms with Gasteiger partial charge in [0.25, 0.3) is 0 Å². The van der Waals surface area contributed by atoms with Gasteiger partial charge in [0.15, 0.2) is 12.2 Å². The molecule has 0 saturated carbocycles. The Bertz CT molecular complexity index is 2570. The molecular formula is C52H54O10. The fourth-order valence-electron chi connectivity index (χ4n) is 9.47. The summed E-state index contributed by atoms with van der Waals surface area (Å²) in [5, 5.41) is 21.3. The van der Waals surface area contributed by atoms with Gasteiger partial charge in [0.05, 0.1) is 25.4 Å². The molecule has 3 aliphatic heterocycles. The second-order valence-electron chi connectivity index (χ2n) is 17.3. The molecule has 0 fully saturated rings. The van der Waals surface area contributed by atoms with Crippen molar-refractivity contribution >= 4 is 22.9 Å². The van der Waals surface area contributed by atoms with E-state index in [9.17, 15) is 24.6 Å². The minimum Gasteiger partial charge on any atom is -0.483 e. The van der Waals surface area contributed by atoms with Crippen LogP contribution in [0.5, 0.6) is 5.75 Å². The van der Waals surface area contributed by atoms with Gasteiger partial charge in [-0.05, 0) is 103 Å². The number of fused-ring (bicyclic) bond motifs is 11. The maximum Gasteiger partial charge on any atom is 0.339 e. The van der Waals surface area contributed by atoms with Crippen LogP contribution >= 0.6 is 0 Å². The van der Waals surface area contributed by atoms with Crippen LogP contribution in [-0.2, 0) is 49.7 Å². The summed E-state index contributed by atoms with van der Waals surface area (Å²) >= 11 is 0. The van der Waals surface area contributed by atoms with E-state index in [2.05, 4.69) is 84.9 Å². The fraction of sp³-hybridized carbons (Fsp3) is 0.365. The summed E-state index contributed by atoms with van der Waals surface area (Å²) in [5.41, 5.74) is 5.47. The third kappa shape index (κ3) is 8.77. The number of carbonyl (C=O) groups excluding carboxylic acids is 2. The highest BCUT2D eigenvalue weighted by atomic mass is 16.6. The number of aliphatic hydroxyl groups excluding tert-OH is 2. The molecule has 1 aromatic heterocycles. The van der Waals surface area contributed by atoms with Gasteiger partial charge in [-0.25, -0.2) is 9.59 Å². The molecule has 2 bridgehead atoms. The third-order valence-corrected chi connectivity index (χ3v) is 12.8. The Morgan fingerprint density at radius 2 is 1.61 bits per heavy atom. The topological polar surface area (TPSA) is 142 Å². The van der Waals surface area contributed by atoms with Gasteiger partial charge in [-0.15, -0.1) is 0 Å². The molecule has 0 saturated heterocycles. The minimum absolute atomic E-state index is 0.0390. The average Bonchev–Trinajstić information content (AvgIpc) is 3.26. The standard InChI is InChI=1S/C52H54O10/c1-31(29-53)39-19-15-32-13-16-35(17-14-32)40-20-18-37(36-12-8-11-34(26-36)25-33-9-6-5-7-10-33)27-38(40)28-45(55)59-48-46-44(62-52(2,3)49(48)61-50(39)56)22-21-41-43(30-54)42(23-24-58-4)51(57)60-47(41)46/h5-14,16-18,20-22,26,37-38,40,48-49,53-54H,15,19,23-25,27-30H2,1-4H3/b39-31-/t37-,38-,40-,48+,49-/m0/s1. The fourth-order valence-corrected chi connectivity index (χ4v) is 9.47. The maximum atomic E-state index is 14.7. The van der Waals surface area contributed by atoms with E-state index in [1.807, 2.05) is 6.07 Å². The minimum atomic E-state index is -1.28. The number of aryl methyl sites for hydroxylation is 1. The van der Waals surface area contributed by atoms with Crippen molar-refractivity contribution in [2.24, 2.45) is 5.92 Å². The van der Waals surface area contributed by atoms with Crippen molar-refractivity contribution in [1.29, 1.82) is 0 Å². The smallest absolute Gasteiger partial charge is 0.339 e. The summed E-state index contributed by atoms with van der Waals surface area (Å²) in [6.07, 6.45) is 4.52. The van der Waals surface area contributed by atoms with E-state index in [1.165, 1.54) is 23.8 Å². The van der Waals surface area contributed by atoms with Crippen molar-refractivity contribution in [2.45, 2.75) is 95.5 Å². The van der Waals surface area contributed by atoms with Crippen molar-refractivity contribution in [3.63, 3.8) is 0 Å². The average molecular weight is 839 g/mol. The van der Waals surface area contributed by atoms with Crippen LogP contribution in [0.2, 0.25) is 0 Å². The molecule has 1 aliphatic carbocycles. The number of benzene rings is 4. The summed E-state index contributed by atoms with van der Waals surface area (Å²) in [6.45, 7) is 4.61. The molecule has 0 radical (unpaired) electrons. The zero-order chi connectivity index (χ0) is 43.5. The zero-order valence-electron chi connectivity index (χ0n) is 35.7. The molecule has 62 heavy (non-hydrogen) atoms. The lowest BCUT2D eigenvalue weighted by atomic mass is 9.72. The first-order chi connectivity index (χ1) is 30.0. The molecule has 4 aliphatic rings. The zero-order valence-corrected chi connectivity index (χ0v) is 35.7. The molecule has 4 heterocycles. The Balaban J connectivity index is 1.22. The number of carbonyl (C=O) groups is 2. The molecule has 5 atom stereocenters. The van der Waals surface area contributed by atoms with Gasteiger partial charge in [-0.3, -0.25) is 4.79 Å². The largest absolute Gasteiger partial charge is 0.483 e. The molecule has 0 amide bonds. The SMILES string of the molecule is COCCc1c(CO)c2ccc3c(c2oc1=O)[C@H]1OC(=O)C[C@@H]2C[C@@H](c4cccc(Cc5ccccc5)c4)C=C[C@H]2c2ccc(cc2)CC/C(=C(\C)CO)C(=O)O[C@@H]1C(C)(C)O3. The monoisotopic (exact) mass is 838 g/mol. The van der Waals surface area contributed by atoms with E-state index >= 15 is 0 Å². The second kappa shape index (κ2) is 18.3. The molecule has 2 N–H and O–H groups in total. The van der Waals surface area contributed by atoms with Gasteiger partial charge in [0.2, 0.25) is 0 Å². The number of ether oxygens (including phenoxy) is 4. The van der Waals surface area contributed by atoms with E-state index in [1.54, 1.807) is 32.9 Å². The lowest BCUT2D eigenvalue weighted by Crippen LogP contribution is -2.52. The van der Waals surface area contributed by atoms with E-state index in [0.717, 1.165) is 17.5 Å². The summed E-state index contributed by atoms with van der Waals surface area (Å²) in [6, 6.07) is 30.8. The first kappa shape index (κ1) is 42.9. The van der Waals surface area contributed by atoms with Crippen LogP contribution in [0.4, 0.5) is 0 Å². The second-order valence-corrected chi connectivity index (χ2v) is 17.3. The van der Waals surface area contributed by atoms with Crippen LogP contribution in [-0.4, -0.2) is 54.2 Å². The van der Waals surface area contributed by atoms with E-state index in [4.69, 9.17) is 23.4 Å². The number of hydrogen-bond donors (Lipinski definition) is 2. The molecule has 0 unspecified atom stereocenters. The van der Waals surface area contributed by atoms with Crippen molar-refractivity contribution < 1.29 is 43.2 Å². The van der Waals surface area contributed by atoms with Crippen LogP contribution in [0.15, 0.2) is 124 Å². The normalized spacial score (nSPS) is 23.1. The summed E-state index contributed by atoms with van der Waals surface area (Å²) in [7, 11) is 1.53. The molecule has 4 aromatic carbocycles. The van der Waals surface area contributed by atoms with Crippen molar-refractivity contribution in [3.05, 3.63) is 169 Å². The number of rotatable bonds is 8. The van der Waals surface area contributed by atoms with Gasteiger partial charge >= 0.3 is 17.6 Å². The maximum absolute atomic E-state index is 14.7. The highest BCUT2D eigenvalue weighted by molar-refractivity contribution is 5.90. The number of hydrogen-bond acceptors (Lipinski definition) is 10. The Morgan fingerprint density at radius 1 is 0.839 bits per heavy atom. The lowest BCUT2D eigenvalue weighted by molar-refractivity contribution is -0.188. The van der Waals surface area contributed by atoms with Gasteiger partial charge in [-0.1, -0.05) is 91.0 Å². The number of allylic oxidation sites excluding steroid dienone is 2. The van der Waals surface area contributed by atoms with Crippen LogP contribution in [0.3, 0.4) is 0 Å². The highest BCUT2D eigenvalue weighted by Crippen LogP contribution is 2.49. The van der Waals surface area contributed by atoms with Gasteiger partial charge in [-0.2, -0.15) is 0 Å². The van der Waals surface area contributed by atoms with Gasteiger partial charge < -0.3 is 33.6 Å². The number of aliphatic hydroxyl groups is 2. The number of methoxy groups -OCH3 is 1. The predicted molar refractivity (Wildman–Crippen MR) is 235 cm³/mol. The quantitative estimate of drug-likeness (QED) is 0.0676. The summed E-state index contributed by atoms with van der Waals surface area (Å²) < 4.78 is 30.8. The Labute approximate surface area is 361 Å². The van der Waals surface area contributed by atoms with Crippen LogP contribution in [0, 0.1) is 5.92 Å².